The number of rotatable bonds is 5. The number of amides is 2. The van der Waals surface area contributed by atoms with Gasteiger partial charge in [0.2, 0.25) is 0 Å². The third kappa shape index (κ3) is 4.46. The molecule has 1 aliphatic heterocycles. The largest absolute Gasteiger partial charge is 0.494 e. The molecule has 1 N–H and O–H groups in total. The molecule has 3 aromatic carbocycles. The number of nitrogens with zero attached hydrogens (tertiary/aromatic N) is 4. The van der Waals surface area contributed by atoms with E-state index in [-0.39, 0.29) is 12.1 Å². The van der Waals surface area contributed by atoms with Crippen molar-refractivity contribution in [1.82, 2.24) is 19.2 Å². The lowest BCUT2D eigenvalue weighted by Gasteiger charge is -2.31. The number of aryl methyl sites for hydroxylation is 2. The third-order valence-electron chi connectivity index (χ3n) is 7.22. The molecule has 3 heterocycles. The number of anilines is 1. The summed E-state index contributed by atoms with van der Waals surface area (Å²) in [5, 5.41) is 8.11. The summed E-state index contributed by atoms with van der Waals surface area (Å²) >= 11 is 0. The highest BCUT2D eigenvalue weighted by Crippen LogP contribution is 2.39. The molecule has 0 radical (unpaired) electrons. The first-order valence-corrected chi connectivity index (χ1v) is 13.2. The number of para-hydroxylation sites is 2. The van der Waals surface area contributed by atoms with Crippen molar-refractivity contribution in [3.05, 3.63) is 125 Å². The van der Waals surface area contributed by atoms with Gasteiger partial charge in [-0.05, 0) is 74.4 Å². The number of carbonyl (C=O) groups is 1. The van der Waals surface area contributed by atoms with Gasteiger partial charge in [0.1, 0.15) is 11.6 Å². The Bertz CT molecular complexity index is 1640. The van der Waals surface area contributed by atoms with E-state index in [0.29, 0.717) is 13.2 Å². The van der Waals surface area contributed by atoms with Crippen LogP contribution in [0.1, 0.15) is 41.0 Å². The molecule has 39 heavy (non-hydrogen) atoms. The molecule has 6 rings (SSSR count). The van der Waals surface area contributed by atoms with Gasteiger partial charge in [-0.1, -0.05) is 48.5 Å². The van der Waals surface area contributed by atoms with Crippen LogP contribution in [0.15, 0.2) is 97.2 Å². The molecule has 0 saturated heterocycles. The normalized spacial score (nSPS) is 14.3. The molecule has 7 heteroatoms. The number of benzene rings is 3. The van der Waals surface area contributed by atoms with Crippen molar-refractivity contribution in [2.45, 2.75) is 33.4 Å². The topological polar surface area (TPSA) is 64.3 Å². The van der Waals surface area contributed by atoms with Gasteiger partial charge in [-0.3, -0.25) is 0 Å². The Hall–Kier alpha value is -4.78. The zero-order valence-corrected chi connectivity index (χ0v) is 22.3. The average molecular weight is 518 g/mol. The summed E-state index contributed by atoms with van der Waals surface area (Å²) in [6.45, 7) is 6.93. The van der Waals surface area contributed by atoms with Crippen molar-refractivity contribution in [2.24, 2.45) is 0 Å². The van der Waals surface area contributed by atoms with Gasteiger partial charge in [0.15, 0.2) is 0 Å². The summed E-state index contributed by atoms with van der Waals surface area (Å²) in [5.74, 6) is 1.72. The summed E-state index contributed by atoms with van der Waals surface area (Å²) in [5.41, 5.74) is 6.59. The molecule has 0 bridgehead atoms. The van der Waals surface area contributed by atoms with Gasteiger partial charge < -0.3 is 19.5 Å². The lowest BCUT2D eigenvalue weighted by atomic mass is 10.0. The number of fused-ring (bicyclic) bond motifs is 3. The van der Waals surface area contributed by atoms with Crippen LogP contribution >= 0.6 is 0 Å². The number of urea groups is 1. The molecule has 0 saturated carbocycles. The van der Waals surface area contributed by atoms with Crippen LogP contribution < -0.4 is 10.1 Å². The summed E-state index contributed by atoms with van der Waals surface area (Å²) in [7, 11) is 0. The van der Waals surface area contributed by atoms with Crippen molar-refractivity contribution >= 4 is 11.7 Å². The average Bonchev–Trinajstić information content (AvgIpc) is 3.51. The molecular formula is C32H31N5O2. The van der Waals surface area contributed by atoms with Crippen LogP contribution in [-0.2, 0) is 6.54 Å². The molecule has 2 amide bonds. The van der Waals surface area contributed by atoms with Crippen LogP contribution in [0.4, 0.5) is 10.5 Å². The number of hydrogen-bond acceptors (Lipinski definition) is 3. The van der Waals surface area contributed by atoms with Crippen LogP contribution in [0.2, 0.25) is 0 Å². The summed E-state index contributed by atoms with van der Waals surface area (Å²) < 4.78 is 9.99. The second kappa shape index (κ2) is 10.2. The smallest absolute Gasteiger partial charge is 0.322 e. The minimum atomic E-state index is -0.361. The van der Waals surface area contributed by atoms with E-state index in [9.17, 15) is 4.79 Å². The molecular weight excluding hydrogens is 486 g/mol. The van der Waals surface area contributed by atoms with Gasteiger partial charge in [0.25, 0.3) is 0 Å². The van der Waals surface area contributed by atoms with Crippen LogP contribution in [-0.4, -0.2) is 31.9 Å². The molecule has 1 aliphatic rings. The number of aromatic nitrogens is 3. The molecule has 196 valence electrons. The van der Waals surface area contributed by atoms with E-state index in [1.807, 2.05) is 109 Å². The molecule has 0 fully saturated rings. The summed E-state index contributed by atoms with van der Waals surface area (Å²) in [6, 6.07) is 29.6. The number of carbonyl (C=O) groups excluding carboxylic acids is 1. The number of ether oxygens (including phenoxy) is 1. The maximum Gasteiger partial charge on any atom is 0.322 e. The Morgan fingerprint density at radius 3 is 2.56 bits per heavy atom. The van der Waals surface area contributed by atoms with Crippen LogP contribution in [0.5, 0.6) is 5.75 Å². The zero-order chi connectivity index (χ0) is 26.9. The van der Waals surface area contributed by atoms with Gasteiger partial charge in [-0.15, -0.1) is 0 Å². The van der Waals surface area contributed by atoms with E-state index in [1.54, 1.807) is 0 Å². The lowest BCUT2D eigenvalue weighted by Crippen LogP contribution is -2.38. The molecule has 0 aliphatic carbocycles. The summed E-state index contributed by atoms with van der Waals surface area (Å²) in [4.78, 5) is 16.0. The van der Waals surface area contributed by atoms with E-state index >= 15 is 0 Å². The van der Waals surface area contributed by atoms with Crippen molar-refractivity contribution in [3.8, 4) is 17.3 Å². The van der Waals surface area contributed by atoms with Gasteiger partial charge in [0.05, 0.1) is 36.3 Å². The van der Waals surface area contributed by atoms with E-state index in [4.69, 9.17) is 9.84 Å². The fourth-order valence-corrected chi connectivity index (χ4v) is 5.34. The Kier molecular flexibility index (Phi) is 6.40. The fraction of sp³-hybridized carbons (Fsp3) is 0.188. The first kappa shape index (κ1) is 24.6. The van der Waals surface area contributed by atoms with Crippen LogP contribution in [0, 0.1) is 13.8 Å². The van der Waals surface area contributed by atoms with Gasteiger partial charge in [0, 0.05) is 17.4 Å². The molecule has 1 atom stereocenters. The number of hydrogen-bond donors (Lipinski definition) is 1. The highest BCUT2D eigenvalue weighted by atomic mass is 16.5. The second-order valence-corrected chi connectivity index (χ2v) is 9.72. The minimum Gasteiger partial charge on any atom is -0.494 e. The number of nitrogens with one attached hydrogen (secondary N) is 1. The Morgan fingerprint density at radius 1 is 0.974 bits per heavy atom. The van der Waals surface area contributed by atoms with E-state index < -0.39 is 0 Å². The van der Waals surface area contributed by atoms with Crippen molar-refractivity contribution in [2.75, 3.05) is 11.9 Å². The maximum absolute atomic E-state index is 14.1. The zero-order valence-electron chi connectivity index (χ0n) is 22.3. The third-order valence-corrected chi connectivity index (χ3v) is 7.22. The molecule has 0 spiro atoms. The first-order chi connectivity index (χ1) is 19.0. The quantitative estimate of drug-likeness (QED) is 0.278. The summed E-state index contributed by atoms with van der Waals surface area (Å²) in [6.07, 6.45) is 2.05. The Morgan fingerprint density at radius 2 is 1.77 bits per heavy atom. The lowest BCUT2D eigenvalue weighted by molar-refractivity contribution is 0.194. The van der Waals surface area contributed by atoms with E-state index in [1.165, 1.54) is 0 Å². The van der Waals surface area contributed by atoms with Crippen molar-refractivity contribution in [3.63, 3.8) is 0 Å². The van der Waals surface area contributed by atoms with Crippen molar-refractivity contribution in [1.29, 1.82) is 0 Å². The van der Waals surface area contributed by atoms with E-state index in [0.717, 1.165) is 51.0 Å². The van der Waals surface area contributed by atoms with Gasteiger partial charge in [-0.2, -0.15) is 5.10 Å². The second-order valence-electron chi connectivity index (χ2n) is 9.72. The molecule has 0 unspecified atom stereocenters. The van der Waals surface area contributed by atoms with Crippen molar-refractivity contribution < 1.29 is 9.53 Å². The minimum absolute atomic E-state index is 0.177. The monoisotopic (exact) mass is 517 g/mol. The van der Waals surface area contributed by atoms with Crippen LogP contribution in [0.25, 0.3) is 11.5 Å². The standard InChI is InChI=1S/C32H31N5O2/c1-4-39-26-16-10-13-24(20-26)30-29-18-11-19-35(29)31-27(23(3)34-37(31)25-14-6-5-7-15-25)21-36(30)32(38)33-28-17-9-8-12-22(28)2/h5-20,30H,4,21H2,1-3H3,(H,33,38)/t30-/m1/s1. The fourth-order valence-electron chi connectivity index (χ4n) is 5.34. The van der Waals surface area contributed by atoms with Gasteiger partial charge in [-0.25, -0.2) is 9.48 Å². The van der Waals surface area contributed by atoms with E-state index in [2.05, 4.69) is 28.2 Å². The van der Waals surface area contributed by atoms with Crippen LogP contribution in [0.3, 0.4) is 0 Å². The first-order valence-electron chi connectivity index (χ1n) is 13.2. The predicted octanol–water partition coefficient (Wildman–Crippen LogP) is 6.82. The molecule has 7 nitrogen and oxygen atoms in total. The Labute approximate surface area is 228 Å². The van der Waals surface area contributed by atoms with Gasteiger partial charge >= 0.3 is 6.03 Å². The molecule has 2 aromatic heterocycles. The Balaban J connectivity index is 1.54. The predicted molar refractivity (Wildman–Crippen MR) is 153 cm³/mol. The molecule has 5 aromatic rings. The SMILES string of the molecule is CCOc1cccc([C@@H]2c3cccn3-c3c(c(C)nn3-c3ccccc3)CN2C(=O)Nc2ccccc2C)c1. The maximum atomic E-state index is 14.1. The highest BCUT2D eigenvalue weighted by molar-refractivity contribution is 5.91. The highest BCUT2D eigenvalue weighted by Gasteiger charge is 2.36.